The highest BCUT2D eigenvalue weighted by molar-refractivity contribution is 5.44. The Morgan fingerprint density at radius 1 is 1.24 bits per heavy atom. The van der Waals surface area contributed by atoms with Gasteiger partial charge < -0.3 is 5.32 Å². The van der Waals surface area contributed by atoms with Crippen molar-refractivity contribution in [2.75, 3.05) is 12.4 Å². The van der Waals surface area contributed by atoms with E-state index in [1.807, 2.05) is 32.0 Å². The molecule has 4 nitrogen and oxygen atoms in total. The van der Waals surface area contributed by atoms with Crippen molar-refractivity contribution in [3.63, 3.8) is 0 Å². The van der Waals surface area contributed by atoms with Crippen LogP contribution in [0.15, 0.2) is 35.3 Å². The van der Waals surface area contributed by atoms with Crippen molar-refractivity contribution < 1.29 is 0 Å². The first-order chi connectivity index (χ1) is 8.11. The number of nitrogens with zero attached hydrogens (tertiary/aromatic N) is 2. The van der Waals surface area contributed by atoms with Gasteiger partial charge in [0, 0.05) is 13.1 Å². The molecule has 0 spiro atoms. The van der Waals surface area contributed by atoms with Gasteiger partial charge in [-0.1, -0.05) is 12.1 Å². The number of aryl methyl sites for hydroxylation is 2. The first kappa shape index (κ1) is 11.4. The SMILES string of the molecule is CNc1cnn(-c2cc(C)ccc2C)c(=O)c1. The lowest BCUT2D eigenvalue weighted by molar-refractivity contribution is 0.801. The van der Waals surface area contributed by atoms with Gasteiger partial charge in [0.25, 0.3) is 5.56 Å². The summed E-state index contributed by atoms with van der Waals surface area (Å²) in [6.45, 7) is 3.96. The van der Waals surface area contributed by atoms with Gasteiger partial charge in [0.05, 0.1) is 17.6 Å². The third-order valence-electron chi connectivity index (χ3n) is 2.68. The monoisotopic (exact) mass is 229 g/mol. The first-order valence-corrected chi connectivity index (χ1v) is 5.46. The molecule has 0 radical (unpaired) electrons. The summed E-state index contributed by atoms with van der Waals surface area (Å²) >= 11 is 0. The molecule has 0 amide bonds. The minimum atomic E-state index is -0.134. The zero-order valence-electron chi connectivity index (χ0n) is 10.2. The molecule has 0 fully saturated rings. The van der Waals surface area contributed by atoms with Crippen LogP contribution in [0.2, 0.25) is 0 Å². The molecule has 1 N–H and O–H groups in total. The number of rotatable bonds is 2. The van der Waals surface area contributed by atoms with Gasteiger partial charge in [-0.2, -0.15) is 9.78 Å². The van der Waals surface area contributed by atoms with E-state index >= 15 is 0 Å². The second kappa shape index (κ2) is 4.41. The Kier molecular flexibility index (Phi) is 2.95. The molecule has 0 saturated carbocycles. The Morgan fingerprint density at radius 3 is 2.65 bits per heavy atom. The van der Waals surface area contributed by atoms with Gasteiger partial charge in [-0.25, -0.2) is 0 Å². The van der Waals surface area contributed by atoms with E-state index in [4.69, 9.17) is 0 Å². The Morgan fingerprint density at radius 2 is 2.00 bits per heavy atom. The van der Waals surface area contributed by atoms with Gasteiger partial charge in [-0.15, -0.1) is 0 Å². The fourth-order valence-corrected chi connectivity index (χ4v) is 1.67. The zero-order valence-corrected chi connectivity index (χ0v) is 10.2. The molecular weight excluding hydrogens is 214 g/mol. The Labute approximate surface area is 99.9 Å². The molecule has 0 saturated heterocycles. The quantitative estimate of drug-likeness (QED) is 0.855. The van der Waals surface area contributed by atoms with Crippen molar-refractivity contribution in [2.45, 2.75) is 13.8 Å². The van der Waals surface area contributed by atoms with E-state index in [-0.39, 0.29) is 5.56 Å². The topological polar surface area (TPSA) is 46.9 Å². The summed E-state index contributed by atoms with van der Waals surface area (Å²) in [5, 5.41) is 7.06. The van der Waals surface area contributed by atoms with Crippen LogP contribution in [0.3, 0.4) is 0 Å². The van der Waals surface area contributed by atoms with Gasteiger partial charge in [0.1, 0.15) is 0 Å². The fraction of sp³-hybridized carbons (Fsp3) is 0.231. The molecule has 1 aromatic carbocycles. The van der Waals surface area contributed by atoms with E-state index in [0.29, 0.717) is 0 Å². The van der Waals surface area contributed by atoms with Crippen LogP contribution in [0.1, 0.15) is 11.1 Å². The Hall–Kier alpha value is -2.10. The highest BCUT2D eigenvalue weighted by Gasteiger charge is 2.05. The highest BCUT2D eigenvalue weighted by atomic mass is 16.1. The van der Waals surface area contributed by atoms with Gasteiger partial charge in [-0.05, 0) is 31.0 Å². The Bertz CT molecular complexity index is 602. The second-order valence-electron chi connectivity index (χ2n) is 4.03. The predicted octanol–water partition coefficient (Wildman–Crippen LogP) is 1.89. The summed E-state index contributed by atoms with van der Waals surface area (Å²) < 4.78 is 1.42. The molecule has 4 heteroatoms. The summed E-state index contributed by atoms with van der Waals surface area (Å²) in [7, 11) is 1.76. The number of anilines is 1. The molecule has 0 aliphatic rings. The molecule has 17 heavy (non-hydrogen) atoms. The molecular formula is C13H15N3O. The van der Waals surface area contributed by atoms with Crippen LogP contribution < -0.4 is 10.9 Å². The van der Waals surface area contributed by atoms with Crippen LogP contribution in [-0.4, -0.2) is 16.8 Å². The third-order valence-corrected chi connectivity index (χ3v) is 2.68. The largest absolute Gasteiger partial charge is 0.387 e. The number of hydrogen-bond acceptors (Lipinski definition) is 3. The van der Waals surface area contributed by atoms with Gasteiger partial charge in [0.2, 0.25) is 0 Å². The average molecular weight is 229 g/mol. The maximum atomic E-state index is 11.9. The van der Waals surface area contributed by atoms with Gasteiger partial charge in [-0.3, -0.25) is 4.79 Å². The highest BCUT2D eigenvalue weighted by Crippen LogP contribution is 2.13. The van der Waals surface area contributed by atoms with E-state index in [2.05, 4.69) is 10.4 Å². The summed E-state index contributed by atoms with van der Waals surface area (Å²) in [6, 6.07) is 7.51. The van der Waals surface area contributed by atoms with Crippen molar-refractivity contribution in [3.8, 4) is 5.69 Å². The van der Waals surface area contributed by atoms with Gasteiger partial charge in [0.15, 0.2) is 0 Å². The molecule has 0 aliphatic heterocycles. The standard InChI is InChI=1S/C13H15N3O/c1-9-4-5-10(2)12(6-9)16-13(17)7-11(14-3)8-15-16/h4-8,14H,1-3H3. The van der Waals surface area contributed by atoms with Gasteiger partial charge >= 0.3 is 0 Å². The molecule has 0 bridgehead atoms. The van der Waals surface area contributed by atoms with Crippen LogP contribution >= 0.6 is 0 Å². The number of nitrogens with one attached hydrogen (secondary N) is 1. The van der Waals surface area contributed by atoms with Crippen molar-refractivity contribution in [2.24, 2.45) is 0 Å². The average Bonchev–Trinajstić information content (AvgIpc) is 2.32. The smallest absolute Gasteiger partial charge is 0.273 e. The molecule has 1 heterocycles. The zero-order chi connectivity index (χ0) is 12.4. The molecule has 0 aliphatic carbocycles. The molecule has 88 valence electrons. The van der Waals surface area contributed by atoms with Crippen LogP contribution in [0.4, 0.5) is 5.69 Å². The summed E-state index contributed by atoms with van der Waals surface area (Å²) in [4.78, 5) is 11.9. The fourth-order valence-electron chi connectivity index (χ4n) is 1.67. The van der Waals surface area contributed by atoms with E-state index in [1.54, 1.807) is 13.2 Å². The normalized spacial score (nSPS) is 10.3. The molecule has 0 unspecified atom stereocenters. The lowest BCUT2D eigenvalue weighted by atomic mass is 10.1. The summed E-state index contributed by atoms with van der Waals surface area (Å²) in [5.41, 5.74) is 3.55. The van der Waals surface area contributed by atoms with Crippen molar-refractivity contribution in [3.05, 3.63) is 51.9 Å². The molecule has 2 aromatic rings. The maximum Gasteiger partial charge on any atom is 0.273 e. The van der Waals surface area contributed by atoms with E-state index in [9.17, 15) is 4.79 Å². The molecule has 0 atom stereocenters. The predicted molar refractivity (Wildman–Crippen MR) is 68.9 cm³/mol. The van der Waals surface area contributed by atoms with E-state index in [1.165, 1.54) is 10.7 Å². The second-order valence-corrected chi connectivity index (χ2v) is 4.03. The minimum Gasteiger partial charge on any atom is -0.387 e. The number of benzene rings is 1. The van der Waals surface area contributed by atoms with E-state index in [0.717, 1.165) is 22.5 Å². The third kappa shape index (κ3) is 2.20. The van der Waals surface area contributed by atoms with Crippen molar-refractivity contribution in [1.29, 1.82) is 0 Å². The molecule has 2 rings (SSSR count). The van der Waals surface area contributed by atoms with Crippen LogP contribution in [0.5, 0.6) is 0 Å². The lowest BCUT2D eigenvalue weighted by Crippen LogP contribution is -2.21. The minimum absolute atomic E-state index is 0.134. The van der Waals surface area contributed by atoms with Crippen molar-refractivity contribution >= 4 is 5.69 Å². The van der Waals surface area contributed by atoms with Crippen LogP contribution in [0, 0.1) is 13.8 Å². The molecule has 1 aromatic heterocycles. The number of aromatic nitrogens is 2. The Balaban J connectivity index is 2.61. The van der Waals surface area contributed by atoms with Crippen LogP contribution in [-0.2, 0) is 0 Å². The number of hydrogen-bond donors (Lipinski definition) is 1. The lowest BCUT2D eigenvalue weighted by Gasteiger charge is -2.09. The van der Waals surface area contributed by atoms with E-state index < -0.39 is 0 Å². The summed E-state index contributed by atoms with van der Waals surface area (Å²) in [5.74, 6) is 0. The van der Waals surface area contributed by atoms with Crippen molar-refractivity contribution in [1.82, 2.24) is 9.78 Å². The summed E-state index contributed by atoms with van der Waals surface area (Å²) in [6.07, 6.45) is 1.64. The maximum absolute atomic E-state index is 11.9. The first-order valence-electron chi connectivity index (χ1n) is 5.46. The van der Waals surface area contributed by atoms with Crippen LogP contribution in [0.25, 0.3) is 5.69 Å².